The molecular weight excluding hydrogens is 356 g/mol. The Bertz CT molecular complexity index is 934. The number of methoxy groups -OCH3 is 1. The van der Waals surface area contributed by atoms with Crippen molar-refractivity contribution in [3.8, 4) is 22.8 Å². The fourth-order valence-electron chi connectivity index (χ4n) is 3.32. The second-order valence-corrected chi connectivity index (χ2v) is 6.70. The largest absolute Gasteiger partial charge is 0.497 e. The molecule has 144 valence electrons. The van der Waals surface area contributed by atoms with E-state index < -0.39 is 0 Å². The number of aromatic amines is 1. The smallest absolute Gasteiger partial charge is 0.271 e. The molecule has 28 heavy (non-hydrogen) atoms. The maximum absolute atomic E-state index is 12.8. The first-order valence-electron chi connectivity index (χ1n) is 9.29. The van der Waals surface area contributed by atoms with Crippen LogP contribution >= 0.6 is 0 Å². The summed E-state index contributed by atoms with van der Waals surface area (Å²) in [7, 11) is 1.63. The van der Waals surface area contributed by atoms with Gasteiger partial charge in [0, 0.05) is 37.7 Å². The average Bonchev–Trinajstić information content (AvgIpc) is 3.25. The molecule has 7 nitrogen and oxygen atoms in total. The summed E-state index contributed by atoms with van der Waals surface area (Å²) >= 11 is 0. The monoisotopic (exact) mass is 378 g/mol. The van der Waals surface area contributed by atoms with Gasteiger partial charge in [-0.3, -0.25) is 14.9 Å². The van der Waals surface area contributed by atoms with E-state index in [1.54, 1.807) is 25.6 Å². The van der Waals surface area contributed by atoms with E-state index in [0.29, 0.717) is 18.8 Å². The molecule has 3 aromatic rings. The van der Waals surface area contributed by atoms with Crippen LogP contribution in [0.1, 0.15) is 23.3 Å². The second kappa shape index (κ2) is 8.12. The summed E-state index contributed by atoms with van der Waals surface area (Å²) in [5.74, 6) is 1.48. The van der Waals surface area contributed by atoms with Gasteiger partial charge in [0.25, 0.3) is 5.91 Å². The fraction of sp³-hybridized carbons (Fsp3) is 0.286. The number of likely N-dealkylation sites (tertiary alicyclic amines) is 1. The van der Waals surface area contributed by atoms with Gasteiger partial charge in [-0.2, -0.15) is 5.10 Å². The minimum Gasteiger partial charge on any atom is -0.497 e. The lowest BCUT2D eigenvalue weighted by atomic mass is 10.1. The zero-order valence-electron chi connectivity index (χ0n) is 15.7. The van der Waals surface area contributed by atoms with E-state index in [2.05, 4.69) is 15.2 Å². The van der Waals surface area contributed by atoms with Crippen LogP contribution < -0.4 is 9.47 Å². The standard InChI is InChI=1S/C21H22N4O3/c1-27-17-5-2-4-15(12-17)19-13-20(24-23-19)21(26)25-10-7-16(8-11-25)28-18-6-3-9-22-14-18/h2-6,9,12-14,16H,7-8,10-11H2,1H3,(H,23,24). The number of ether oxygens (including phenoxy) is 2. The zero-order chi connectivity index (χ0) is 19.3. The first-order chi connectivity index (χ1) is 13.7. The molecule has 7 heteroatoms. The van der Waals surface area contributed by atoms with Crippen molar-refractivity contribution in [2.75, 3.05) is 20.2 Å². The lowest BCUT2D eigenvalue weighted by Crippen LogP contribution is -2.41. The third-order valence-corrected chi connectivity index (χ3v) is 4.84. The van der Waals surface area contributed by atoms with Crippen LogP contribution in [0.25, 0.3) is 11.3 Å². The van der Waals surface area contributed by atoms with Gasteiger partial charge in [0.15, 0.2) is 0 Å². The third kappa shape index (κ3) is 3.98. The van der Waals surface area contributed by atoms with Gasteiger partial charge in [0.1, 0.15) is 23.3 Å². The number of hydrogen-bond acceptors (Lipinski definition) is 5. The van der Waals surface area contributed by atoms with Crippen LogP contribution in [0.4, 0.5) is 0 Å². The molecule has 1 aliphatic rings. The molecule has 4 rings (SSSR count). The van der Waals surface area contributed by atoms with Crippen molar-refractivity contribution in [3.05, 3.63) is 60.6 Å². The summed E-state index contributed by atoms with van der Waals surface area (Å²) in [6, 6.07) is 13.1. The number of benzene rings is 1. The second-order valence-electron chi connectivity index (χ2n) is 6.70. The SMILES string of the molecule is COc1cccc(-c2cc(C(=O)N3CCC(Oc4cccnc4)CC3)[nH]n2)c1. The molecule has 0 saturated carbocycles. The van der Waals surface area contributed by atoms with Gasteiger partial charge in [-0.1, -0.05) is 12.1 Å². The molecule has 1 aromatic carbocycles. The first kappa shape index (κ1) is 18.0. The van der Waals surface area contributed by atoms with E-state index in [1.165, 1.54) is 0 Å². The van der Waals surface area contributed by atoms with E-state index in [-0.39, 0.29) is 12.0 Å². The lowest BCUT2D eigenvalue weighted by molar-refractivity contribution is 0.0589. The Labute approximate surface area is 163 Å². The van der Waals surface area contributed by atoms with Gasteiger partial charge in [0.05, 0.1) is 19.0 Å². The van der Waals surface area contributed by atoms with Crippen molar-refractivity contribution in [1.29, 1.82) is 0 Å². The van der Waals surface area contributed by atoms with Crippen molar-refractivity contribution < 1.29 is 14.3 Å². The topological polar surface area (TPSA) is 80.3 Å². The molecule has 0 spiro atoms. The van der Waals surface area contributed by atoms with Gasteiger partial charge < -0.3 is 14.4 Å². The number of H-pyrrole nitrogens is 1. The van der Waals surface area contributed by atoms with Crippen LogP contribution in [0.15, 0.2) is 54.9 Å². The van der Waals surface area contributed by atoms with E-state index >= 15 is 0 Å². The highest BCUT2D eigenvalue weighted by molar-refractivity contribution is 5.93. The molecule has 1 saturated heterocycles. The molecule has 1 N–H and O–H groups in total. The van der Waals surface area contributed by atoms with Crippen molar-refractivity contribution in [3.63, 3.8) is 0 Å². The molecule has 0 radical (unpaired) electrons. The number of carbonyl (C=O) groups is 1. The Morgan fingerprint density at radius 1 is 1.14 bits per heavy atom. The fourth-order valence-corrected chi connectivity index (χ4v) is 3.32. The molecule has 3 heterocycles. The number of aromatic nitrogens is 3. The van der Waals surface area contributed by atoms with Crippen molar-refractivity contribution in [1.82, 2.24) is 20.1 Å². The van der Waals surface area contributed by atoms with E-state index in [1.807, 2.05) is 41.3 Å². The van der Waals surface area contributed by atoms with Crippen molar-refractivity contribution in [2.45, 2.75) is 18.9 Å². The van der Waals surface area contributed by atoms with Crippen LogP contribution in [-0.4, -0.2) is 52.3 Å². The van der Waals surface area contributed by atoms with Gasteiger partial charge in [-0.15, -0.1) is 0 Å². The normalized spacial score (nSPS) is 14.7. The number of nitrogens with zero attached hydrogens (tertiary/aromatic N) is 3. The molecule has 2 aromatic heterocycles. The van der Waals surface area contributed by atoms with Crippen LogP contribution in [0.5, 0.6) is 11.5 Å². The molecule has 0 aliphatic carbocycles. The lowest BCUT2D eigenvalue weighted by Gasteiger charge is -2.31. The van der Waals surface area contributed by atoms with Crippen molar-refractivity contribution in [2.24, 2.45) is 0 Å². The molecular formula is C21H22N4O3. The Hall–Kier alpha value is -3.35. The van der Waals surface area contributed by atoms with Gasteiger partial charge in [-0.25, -0.2) is 0 Å². The van der Waals surface area contributed by atoms with E-state index in [4.69, 9.17) is 9.47 Å². The highest BCUT2D eigenvalue weighted by Gasteiger charge is 2.26. The molecule has 1 fully saturated rings. The van der Waals surface area contributed by atoms with Gasteiger partial charge in [-0.05, 0) is 30.3 Å². The van der Waals surface area contributed by atoms with Crippen molar-refractivity contribution >= 4 is 5.91 Å². The molecule has 1 amide bonds. The number of carbonyl (C=O) groups excluding carboxylic acids is 1. The minimum absolute atomic E-state index is 0.0403. The molecule has 0 bridgehead atoms. The number of hydrogen-bond donors (Lipinski definition) is 1. The Balaban J connectivity index is 1.37. The maximum Gasteiger partial charge on any atom is 0.271 e. The summed E-state index contributed by atoms with van der Waals surface area (Å²) in [5, 5.41) is 7.16. The highest BCUT2D eigenvalue weighted by atomic mass is 16.5. The van der Waals surface area contributed by atoms with Crippen LogP contribution in [0.3, 0.4) is 0 Å². The number of piperidine rings is 1. The first-order valence-corrected chi connectivity index (χ1v) is 9.29. The van der Waals surface area contributed by atoms with Crippen LogP contribution in [0.2, 0.25) is 0 Å². The van der Waals surface area contributed by atoms with E-state index in [0.717, 1.165) is 35.6 Å². The predicted octanol–water partition coefficient (Wildman–Crippen LogP) is 3.16. The molecule has 0 unspecified atom stereocenters. The molecule has 0 atom stereocenters. The Morgan fingerprint density at radius 2 is 1.96 bits per heavy atom. The highest BCUT2D eigenvalue weighted by Crippen LogP contribution is 2.24. The molecule has 1 aliphatic heterocycles. The summed E-state index contributed by atoms with van der Waals surface area (Å²) in [6.07, 6.45) is 5.11. The summed E-state index contributed by atoms with van der Waals surface area (Å²) in [6.45, 7) is 1.30. The zero-order valence-corrected chi connectivity index (χ0v) is 15.7. The number of nitrogens with one attached hydrogen (secondary N) is 1. The number of pyridine rings is 1. The quantitative estimate of drug-likeness (QED) is 0.738. The summed E-state index contributed by atoms with van der Waals surface area (Å²) in [4.78, 5) is 18.7. The van der Waals surface area contributed by atoms with Gasteiger partial charge >= 0.3 is 0 Å². The van der Waals surface area contributed by atoms with Crippen LogP contribution in [0, 0.1) is 0 Å². The maximum atomic E-state index is 12.8. The van der Waals surface area contributed by atoms with Gasteiger partial charge in [0.2, 0.25) is 0 Å². The number of rotatable bonds is 5. The Kier molecular flexibility index (Phi) is 5.23. The third-order valence-electron chi connectivity index (χ3n) is 4.84. The summed E-state index contributed by atoms with van der Waals surface area (Å²) < 4.78 is 11.2. The Morgan fingerprint density at radius 3 is 2.71 bits per heavy atom. The number of amides is 1. The minimum atomic E-state index is -0.0403. The predicted molar refractivity (Wildman–Crippen MR) is 104 cm³/mol. The summed E-state index contributed by atoms with van der Waals surface area (Å²) in [5.41, 5.74) is 2.11. The van der Waals surface area contributed by atoms with E-state index in [9.17, 15) is 4.79 Å². The van der Waals surface area contributed by atoms with Crippen LogP contribution in [-0.2, 0) is 0 Å². The average molecular weight is 378 g/mol.